The van der Waals surface area contributed by atoms with Gasteiger partial charge >= 0.3 is 33.4 Å². The Labute approximate surface area is 220 Å². The first-order valence-corrected chi connectivity index (χ1v) is 13.6. The topological polar surface area (TPSA) is 54.4 Å². The minimum Gasteiger partial charge on any atom is -0.281 e. The van der Waals surface area contributed by atoms with Gasteiger partial charge in [0.05, 0.1) is 0 Å². The molecule has 0 amide bonds. The fourth-order valence-electron chi connectivity index (χ4n) is 3.05. The quantitative estimate of drug-likeness (QED) is 0.194. The minimum absolute atomic E-state index is 0.483. The molecule has 0 aliphatic carbocycles. The molecule has 0 heterocycles. The zero-order valence-corrected chi connectivity index (χ0v) is 22.2. The molecule has 0 aliphatic rings. The van der Waals surface area contributed by atoms with E-state index in [1.807, 2.05) is 0 Å². The van der Waals surface area contributed by atoms with E-state index in [0.29, 0.717) is 0 Å². The van der Waals surface area contributed by atoms with Crippen LogP contribution in [0.15, 0.2) is 72.8 Å². The number of alkyl halides is 9. The predicted molar refractivity (Wildman–Crippen MR) is 132 cm³/mol. The average Bonchev–Trinajstić information content (AvgIpc) is 2.81. The molecule has 3 aromatic rings. The van der Waals surface area contributed by atoms with Crippen molar-refractivity contribution in [2.24, 2.45) is 0 Å². The van der Waals surface area contributed by atoms with E-state index in [9.17, 15) is 47.9 Å². The standard InChI is InChI=1S/C21H21P.C4HF9O3S/c1-16-4-10-19(11-5-16)22(20-12-6-17(2)7-13-20)21-14-8-18(3)9-15-21;5-1(6,3(9,10)11)2(7,8)4(12,13)17(14,15)16/h4-15H,1-3H3;(H,14,15,16). The third kappa shape index (κ3) is 6.93. The van der Waals surface area contributed by atoms with Gasteiger partial charge in [0, 0.05) is 0 Å². The van der Waals surface area contributed by atoms with Gasteiger partial charge < -0.3 is 0 Å². The number of hydrogen-bond donors (Lipinski definition) is 1. The van der Waals surface area contributed by atoms with E-state index in [4.69, 9.17) is 4.55 Å². The summed E-state index contributed by atoms with van der Waals surface area (Å²) in [4.78, 5) is 0. The number of aryl methyl sites for hydroxylation is 3. The van der Waals surface area contributed by atoms with Crippen LogP contribution in [0.2, 0.25) is 0 Å². The first-order valence-electron chi connectivity index (χ1n) is 10.8. The maximum Gasteiger partial charge on any atom is 0.460 e. The number of benzene rings is 3. The largest absolute Gasteiger partial charge is 0.460 e. The van der Waals surface area contributed by atoms with Gasteiger partial charge in [-0.25, -0.2) is 0 Å². The van der Waals surface area contributed by atoms with Crippen LogP contribution in [0.5, 0.6) is 0 Å². The third-order valence-electron chi connectivity index (χ3n) is 5.32. The molecular formula is C25H22F9O3PS. The van der Waals surface area contributed by atoms with Crippen molar-refractivity contribution in [3.8, 4) is 0 Å². The molecule has 1 N–H and O–H groups in total. The molecule has 0 bridgehead atoms. The Morgan fingerprint density at radius 2 is 0.795 bits per heavy atom. The zero-order chi connectivity index (χ0) is 30.0. The van der Waals surface area contributed by atoms with Crippen LogP contribution >= 0.6 is 7.92 Å². The van der Waals surface area contributed by atoms with Crippen molar-refractivity contribution in [1.82, 2.24) is 0 Å². The van der Waals surface area contributed by atoms with E-state index < -0.39 is 41.3 Å². The maximum atomic E-state index is 12.2. The van der Waals surface area contributed by atoms with Crippen LogP contribution in [0.25, 0.3) is 0 Å². The Balaban J connectivity index is 0.000000285. The van der Waals surface area contributed by atoms with Crippen LogP contribution in [0.3, 0.4) is 0 Å². The van der Waals surface area contributed by atoms with E-state index in [-0.39, 0.29) is 0 Å². The molecule has 0 aliphatic heterocycles. The second-order valence-corrected chi connectivity index (χ2v) is 12.2. The van der Waals surface area contributed by atoms with Crippen LogP contribution in [0.1, 0.15) is 16.7 Å². The summed E-state index contributed by atoms with van der Waals surface area (Å²) in [6.07, 6.45) is -7.13. The Kier molecular flexibility index (Phi) is 9.58. The Morgan fingerprint density at radius 3 is 1.00 bits per heavy atom. The molecule has 0 atom stereocenters. The van der Waals surface area contributed by atoms with Crippen LogP contribution in [0.4, 0.5) is 39.5 Å². The van der Waals surface area contributed by atoms with Gasteiger partial charge in [-0.05, 0) is 44.6 Å². The summed E-state index contributed by atoms with van der Waals surface area (Å²) >= 11 is 0. The summed E-state index contributed by atoms with van der Waals surface area (Å²) in [5, 5.41) is -2.77. The van der Waals surface area contributed by atoms with Crippen molar-refractivity contribution < 1.29 is 52.5 Å². The highest BCUT2D eigenvalue weighted by molar-refractivity contribution is 7.87. The summed E-state index contributed by atoms with van der Waals surface area (Å²) in [5.74, 6) is -14.7. The summed E-state index contributed by atoms with van der Waals surface area (Å²) in [6.45, 7) is 6.43. The smallest absolute Gasteiger partial charge is 0.281 e. The Bertz CT molecular complexity index is 1250. The molecule has 0 fully saturated rings. The minimum atomic E-state index is -7.37. The number of rotatable bonds is 6. The van der Waals surface area contributed by atoms with Crippen LogP contribution in [-0.2, 0) is 10.1 Å². The van der Waals surface area contributed by atoms with Gasteiger partial charge in [-0.2, -0.15) is 47.9 Å². The van der Waals surface area contributed by atoms with Crippen molar-refractivity contribution in [3.63, 3.8) is 0 Å². The van der Waals surface area contributed by atoms with E-state index >= 15 is 0 Å². The summed E-state index contributed by atoms with van der Waals surface area (Å²) in [7, 11) is -7.65. The molecular weight excluding hydrogens is 582 g/mol. The maximum absolute atomic E-state index is 12.2. The summed E-state index contributed by atoms with van der Waals surface area (Å²) in [6, 6.07) is 27.0. The molecule has 0 saturated heterocycles. The van der Waals surface area contributed by atoms with E-state index in [1.165, 1.54) is 32.6 Å². The molecule has 3 aromatic carbocycles. The first kappa shape index (κ1) is 32.6. The fraction of sp³-hybridized carbons (Fsp3) is 0.280. The lowest BCUT2D eigenvalue weighted by atomic mass is 10.1. The molecule has 0 aromatic heterocycles. The lowest BCUT2D eigenvalue weighted by Crippen LogP contribution is -2.63. The molecule has 0 radical (unpaired) electrons. The molecule has 0 unspecified atom stereocenters. The molecule has 14 heteroatoms. The lowest BCUT2D eigenvalue weighted by molar-refractivity contribution is -0.382. The van der Waals surface area contributed by atoms with Crippen LogP contribution in [-0.4, -0.2) is 36.2 Å². The highest BCUT2D eigenvalue weighted by Gasteiger charge is 2.85. The lowest BCUT2D eigenvalue weighted by Gasteiger charge is -2.31. The van der Waals surface area contributed by atoms with Crippen molar-refractivity contribution in [1.29, 1.82) is 0 Å². The molecule has 3 nitrogen and oxygen atoms in total. The Hall–Kier alpha value is -2.63. The molecule has 0 spiro atoms. The Morgan fingerprint density at radius 1 is 0.538 bits per heavy atom. The molecule has 214 valence electrons. The highest BCUT2D eigenvalue weighted by Crippen LogP contribution is 2.54. The van der Waals surface area contributed by atoms with Crippen LogP contribution < -0.4 is 15.9 Å². The monoisotopic (exact) mass is 604 g/mol. The van der Waals surface area contributed by atoms with E-state index in [0.717, 1.165) is 0 Å². The first-order chi connectivity index (χ1) is 17.6. The van der Waals surface area contributed by atoms with Gasteiger partial charge in [-0.1, -0.05) is 89.5 Å². The van der Waals surface area contributed by atoms with Gasteiger partial charge in [0.25, 0.3) is 0 Å². The highest BCUT2D eigenvalue weighted by atomic mass is 32.2. The summed E-state index contributed by atoms with van der Waals surface area (Å²) < 4.78 is 134. The SMILES string of the molecule is Cc1ccc(P(c2ccc(C)cc2)c2ccc(C)cc2)cc1.O=S(=O)(O)C(F)(F)C(F)(F)C(F)(F)C(F)(F)F. The predicted octanol–water partition coefficient (Wildman–Crippen LogP) is 6.67. The summed E-state index contributed by atoms with van der Waals surface area (Å²) in [5.41, 5.74) is 3.93. The van der Waals surface area contributed by atoms with Gasteiger partial charge in [0.2, 0.25) is 0 Å². The van der Waals surface area contributed by atoms with Crippen molar-refractivity contribution in [3.05, 3.63) is 89.5 Å². The van der Waals surface area contributed by atoms with Crippen molar-refractivity contribution >= 4 is 34.0 Å². The van der Waals surface area contributed by atoms with E-state index in [1.54, 1.807) is 0 Å². The zero-order valence-electron chi connectivity index (χ0n) is 20.4. The normalized spacial score (nSPS) is 13.2. The molecule has 0 saturated carbocycles. The third-order valence-corrected chi connectivity index (χ3v) is 8.66. The average molecular weight is 604 g/mol. The van der Waals surface area contributed by atoms with Gasteiger partial charge in [0.1, 0.15) is 0 Å². The van der Waals surface area contributed by atoms with Gasteiger partial charge in [-0.15, -0.1) is 0 Å². The molecule has 3 rings (SSSR count). The van der Waals surface area contributed by atoms with Gasteiger partial charge in [0.15, 0.2) is 0 Å². The number of halogens is 9. The van der Waals surface area contributed by atoms with Gasteiger partial charge in [-0.3, -0.25) is 4.55 Å². The molecule has 39 heavy (non-hydrogen) atoms. The number of hydrogen-bond acceptors (Lipinski definition) is 2. The second kappa shape index (κ2) is 11.5. The van der Waals surface area contributed by atoms with Crippen molar-refractivity contribution in [2.75, 3.05) is 0 Å². The van der Waals surface area contributed by atoms with Crippen LogP contribution in [0, 0.1) is 20.8 Å². The second-order valence-electron chi connectivity index (χ2n) is 8.48. The fourth-order valence-corrected chi connectivity index (χ4v) is 5.74. The van der Waals surface area contributed by atoms with Crippen molar-refractivity contribution in [2.45, 2.75) is 44.0 Å². The van der Waals surface area contributed by atoms with E-state index in [2.05, 4.69) is 93.6 Å².